The monoisotopic (exact) mass is 468 g/mol. The van der Waals surface area contributed by atoms with Gasteiger partial charge in [-0.15, -0.1) is 0 Å². The number of nitrogens with zero attached hydrogens (tertiary/aromatic N) is 1. The summed E-state index contributed by atoms with van der Waals surface area (Å²) in [5, 5.41) is 3.49. The molecule has 1 saturated heterocycles. The van der Waals surface area contributed by atoms with Gasteiger partial charge in [0.15, 0.2) is 0 Å². The molecule has 1 unspecified atom stereocenters. The van der Waals surface area contributed by atoms with Crippen LogP contribution in [0.2, 0.25) is 0 Å². The number of carbonyl (C=O) groups is 2. The fourth-order valence-corrected chi connectivity index (χ4v) is 4.47. The zero-order chi connectivity index (χ0) is 24.5. The van der Waals surface area contributed by atoms with E-state index in [0.717, 1.165) is 29.5 Å². The number of halogens is 2. The topological polar surface area (TPSA) is 91.2 Å². The Morgan fingerprint density at radius 1 is 1.12 bits per heavy atom. The number of hydrogen-bond acceptors (Lipinski definition) is 3. The molecule has 2 heterocycles. The van der Waals surface area contributed by atoms with E-state index >= 15 is 0 Å². The molecule has 1 aliphatic heterocycles. The lowest BCUT2D eigenvalue weighted by Crippen LogP contribution is -2.57. The largest absolute Gasteiger partial charge is 0.361 e. The number of nitrogens with two attached hydrogens (primary N) is 1. The second-order valence-corrected chi connectivity index (χ2v) is 9.61. The first kappa shape index (κ1) is 23.9. The molecule has 0 bridgehead atoms. The molecule has 0 spiro atoms. The minimum Gasteiger partial charge on any atom is -0.361 e. The number of aromatic nitrogens is 1. The highest BCUT2D eigenvalue weighted by atomic mass is 19.1. The predicted molar refractivity (Wildman–Crippen MR) is 127 cm³/mol. The van der Waals surface area contributed by atoms with Gasteiger partial charge in [-0.1, -0.05) is 12.1 Å². The summed E-state index contributed by atoms with van der Waals surface area (Å²) in [6.07, 6.45) is 3.45. The number of nitrogens with one attached hydrogen (secondary N) is 2. The van der Waals surface area contributed by atoms with E-state index in [1.807, 2.05) is 0 Å². The summed E-state index contributed by atoms with van der Waals surface area (Å²) in [7, 11) is 0. The number of amides is 2. The summed E-state index contributed by atoms with van der Waals surface area (Å²) in [5.74, 6) is -1.02. The van der Waals surface area contributed by atoms with Crippen LogP contribution in [0.4, 0.5) is 8.78 Å². The van der Waals surface area contributed by atoms with Crippen LogP contribution in [-0.2, 0) is 16.0 Å². The number of carbonyl (C=O) groups excluding carboxylic acids is 2. The first-order valence-electron chi connectivity index (χ1n) is 11.5. The molecule has 1 aliphatic rings. The highest BCUT2D eigenvalue weighted by Gasteiger charge is 2.33. The minimum absolute atomic E-state index is 0.194. The molecule has 2 aromatic carbocycles. The van der Waals surface area contributed by atoms with Crippen LogP contribution in [0, 0.1) is 11.6 Å². The Bertz CT molecular complexity index is 1180. The second kappa shape index (κ2) is 9.54. The van der Waals surface area contributed by atoms with Crippen LogP contribution in [0.15, 0.2) is 48.7 Å². The van der Waals surface area contributed by atoms with E-state index in [9.17, 15) is 18.4 Å². The van der Waals surface area contributed by atoms with Crippen molar-refractivity contribution in [3.8, 4) is 0 Å². The Morgan fingerprint density at radius 2 is 1.76 bits per heavy atom. The number of benzene rings is 2. The number of rotatable bonds is 6. The van der Waals surface area contributed by atoms with Crippen LogP contribution in [0.25, 0.3) is 10.9 Å². The van der Waals surface area contributed by atoms with Crippen molar-refractivity contribution in [2.75, 3.05) is 13.1 Å². The van der Waals surface area contributed by atoms with E-state index in [-0.39, 0.29) is 29.9 Å². The number of likely N-dealkylation sites (tertiary alicyclic amines) is 1. The van der Waals surface area contributed by atoms with Crippen LogP contribution in [0.3, 0.4) is 0 Å². The average molecular weight is 469 g/mol. The van der Waals surface area contributed by atoms with Gasteiger partial charge in [0.25, 0.3) is 0 Å². The zero-order valence-corrected chi connectivity index (χ0v) is 19.4. The summed E-state index contributed by atoms with van der Waals surface area (Å²) in [5.41, 5.74) is 7.37. The maximum absolute atomic E-state index is 13.8. The maximum Gasteiger partial charge on any atom is 0.245 e. The van der Waals surface area contributed by atoms with E-state index in [1.54, 1.807) is 43.1 Å². The van der Waals surface area contributed by atoms with Gasteiger partial charge in [-0.05, 0) is 74.1 Å². The molecule has 4 N–H and O–H groups in total. The second-order valence-electron chi connectivity index (χ2n) is 9.61. The smallest absolute Gasteiger partial charge is 0.245 e. The molecule has 0 saturated carbocycles. The van der Waals surface area contributed by atoms with Crippen molar-refractivity contribution < 1.29 is 18.4 Å². The standard InChI is InChI=1S/C26H30F2N4O2/c1-26(2,29)25(34)31-23(13-18-15-30-22-8-7-20(28)14-21(18)22)24(33)32-11-9-17(10-12-32)16-3-5-19(27)6-4-16/h3-8,14-15,17,23,30H,9-13,29H2,1-2H3,(H,31,34). The molecule has 2 amide bonds. The van der Waals surface area contributed by atoms with Gasteiger partial charge >= 0.3 is 0 Å². The fourth-order valence-electron chi connectivity index (χ4n) is 4.47. The summed E-state index contributed by atoms with van der Waals surface area (Å²) < 4.78 is 27.1. The van der Waals surface area contributed by atoms with Crippen molar-refractivity contribution in [2.24, 2.45) is 5.73 Å². The van der Waals surface area contributed by atoms with Gasteiger partial charge < -0.3 is 20.9 Å². The summed E-state index contributed by atoms with van der Waals surface area (Å²) >= 11 is 0. The fraction of sp³-hybridized carbons (Fsp3) is 0.385. The zero-order valence-electron chi connectivity index (χ0n) is 19.4. The van der Waals surface area contributed by atoms with Crippen molar-refractivity contribution >= 4 is 22.7 Å². The molecule has 1 fully saturated rings. The minimum atomic E-state index is -1.15. The molecule has 34 heavy (non-hydrogen) atoms. The third-order valence-electron chi connectivity index (χ3n) is 6.49. The van der Waals surface area contributed by atoms with Crippen molar-refractivity contribution in [1.29, 1.82) is 0 Å². The van der Waals surface area contributed by atoms with Gasteiger partial charge in [-0.2, -0.15) is 0 Å². The summed E-state index contributed by atoms with van der Waals surface area (Å²) in [6.45, 7) is 4.22. The molecule has 0 radical (unpaired) electrons. The van der Waals surface area contributed by atoms with Crippen molar-refractivity contribution in [1.82, 2.24) is 15.2 Å². The lowest BCUT2D eigenvalue weighted by Gasteiger charge is -2.35. The lowest BCUT2D eigenvalue weighted by atomic mass is 9.89. The Balaban J connectivity index is 1.51. The predicted octanol–water partition coefficient (Wildman–Crippen LogP) is 3.62. The molecule has 6 nitrogen and oxygen atoms in total. The number of fused-ring (bicyclic) bond motifs is 1. The normalized spacial score (nSPS) is 16.0. The molecule has 1 atom stereocenters. The highest BCUT2D eigenvalue weighted by molar-refractivity contribution is 5.92. The van der Waals surface area contributed by atoms with E-state index < -0.39 is 17.5 Å². The third-order valence-corrected chi connectivity index (χ3v) is 6.49. The Morgan fingerprint density at radius 3 is 2.41 bits per heavy atom. The van der Waals surface area contributed by atoms with Gasteiger partial charge in [0.1, 0.15) is 17.7 Å². The van der Waals surface area contributed by atoms with Crippen molar-refractivity contribution in [3.05, 3.63) is 71.4 Å². The highest BCUT2D eigenvalue weighted by Crippen LogP contribution is 2.29. The molecular formula is C26H30F2N4O2. The van der Waals surface area contributed by atoms with Crippen LogP contribution in [0.1, 0.15) is 43.7 Å². The van der Waals surface area contributed by atoms with Crippen LogP contribution < -0.4 is 11.1 Å². The molecule has 0 aliphatic carbocycles. The van der Waals surface area contributed by atoms with E-state index in [2.05, 4.69) is 10.3 Å². The molecular weight excluding hydrogens is 438 g/mol. The third kappa shape index (κ3) is 5.28. The Hall–Kier alpha value is -3.26. The molecule has 8 heteroatoms. The van der Waals surface area contributed by atoms with E-state index in [4.69, 9.17) is 5.73 Å². The average Bonchev–Trinajstić information content (AvgIpc) is 3.20. The molecule has 4 rings (SSSR count). The molecule has 1 aromatic heterocycles. The SMILES string of the molecule is CC(C)(N)C(=O)NC(Cc1c[nH]c2ccc(F)cc12)C(=O)N1CCC(c2ccc(F)cc2)CC1. The van der Waals surface area contributed by atoms with Crippen LogP contribution >= 0.6 is 0 Å². The van der Waals surface area contributed by atoms with E-state index in [1.165, 1.54) is 24.3 Å². The van der Waals surface area contributed by atoms with Gasteiger partial charge in [0.2, 0.25) is 11.8 Å². The quantitative estimate of drug-likeness (QED) is 0.516. The summed E-state index contributed by atoms with van der Waals surface area (Å²) in [4.78, 5) is 31.0. The Labute approximate surface area is 197 Å². The summed E-state index contributed by atoms with van der Waals surface area (Å²) in [6, 6.07) is 10.1. The first-order valence-corrected chi connectivity index (χ1v) is 11.5. The van der Waals surface area contributed by atoms with Gasteiger partial charge in [-0.3, -0.25) is 9.59 Å². The van der Waals surface area contributed by atoms with Crippen molar-refractivity contribution in [3.63, 3.8) is 0 Å². The van der Waals surface area contributed by atoms with E-state index in [0.29, 0.717) is 18.5 Å². The van der Waals surface area contributed by atoms with Gasteiger partial charge in [0, 0.05) is 36.6 Å². The van der Waals surface area contributed by atoms with Gasteiger partial charge in [0.05, 0.1) is 5.54 Å². The van der Waals surface area contributed by atoms with Gasteiger partial charge in [-0.25, -0.2) is 8.78 Å². The number of aromatic amines is 1. The molecule has 3 aromatic rings. The lowest BCUT2D eigenvalue weighted by molar-refractivity contribution is -0.138. The molecule has 180 valence electrons. The number of piperidine rings is 1. The van der Waals surface area contributed by atoms with Crippen LogP contribution in [0.5, 0.6) is 0 Å². The number of hydrogen-bond donors (Lipinski definition) is 3. The maximum atomic E-state index is 13.8. The Kier molecular flexibility index (Phi) is 6.70. The van der Waals surface area contributed by atoms with Crippen molar-refractivity contribution in [2.45, 2.75) is 50.6 Å². The number of H-pyrrole nitrogens is 1. The van der Waals surface area contributed by atoms with Crippen LogP contribution in [-0.4, -0.2) is 46.4 Å². The first-order chi connectivity index (χ1) is 16.1.